The smallest absolute Gasteiger partial charge is 0.254 e. The average Bonchev–Trinajstić information content (AvgIpc) is 2.96. The van der Waals surface area contributed by atoms with Crippen molar-refractivity contribution in [2.45, 2.75) is 18.0 Å². The SMILES string of the molecule is CSc1ncccc1C(=O)NCCCn1ccnc1. The molecule has 0 bridgehead atoms. The number of nitrogens with one attached hydrogen (secondary N) is 1. The third-order valence-corrected chi connectivity index (χ3v) is 3.36. The van der Waals surface area contributed by atoms with Crippen LogP contribution < -0.4 is 5.32 Å². The Morgan fingerprint density at radius 3 is 3.11 bits per heavy atom. The molecule has 100 valence electrons. The number of nitrogens with zero attached hydrogens (tertiary/aromatic N) is 3. The van der Waals surface area contributed by atoms with Crippen molar-refractivity contribution in [1.29, 1.82) is 0 Å². The molecule has 0 aliphatic carbocycles. The summed E-state index contributed by atoms with van der Waals surface area (Å²) < 4.78 is 1.99. The van der Waals surface area contributed by atoms with Gasteiger partial charge in [-0.25, -0.2) is 9.97 Å². The van der Waals surface area contributed by atoms with Gasteiger partial charge in [-0.2, -0.15) is 0 Å². The number of hydrogen-bond donors (Lipinski definition) is 1. The second-order valence-corrected chi connectivity index (χ2v) is 4.77. The van der Waals surface area contributed by atoms with Crippen molar-refractivity contribution in [2.24, 2.45) is 0 Å². The molecule has 19 heavy (non-hydrogen) atoms. The van der Waals surface area contributed by atoms with Gasteiger partial charge in [-0.15, -0.1) is 11.8 Å². The van der Waals surface area contributed by atoms with Gasteiger partial charge in [0.15, 0.2) is 0 Å². The number of aryl methyl sites for hydroxylation is 1. The zero-order chi connectivity index (χ0) is 13.5. The van der Waals surface area contributed by atoms with Gasteiger partial charge in [-0.1, -0.05) is 0 Å². The minimum atomic E-state index is -0.0666. The van der Waals surface area contributed by atoms with Crippen LogP contribution in [0.5, 0.6) is 0 Å². The van der Waals surface area contributed by atoms with Crippen LogP contribution in [-0.2, 0) is 6.54 Å². The van der Waals surface area contributed by atoms with Crippen LogP contribution in [0.1, 0.15) is 16.8 Å². The van der Waals surface area contributed by atoms with Gasteiger partial charge in [-0.05, 0) is 24.8 Å². The summed E-state index contributed by atoms with van der Waals surface area (Å²) in [6, 6.07) is 3.57. The second kappa shape index (κ2) is 6.94. The Labute approximate surface area is 116 Å². The summed E-state index contributed by atoms with van der Waals surface area (Å²) in [5.74, 6) is -0.0666. The van der Waals surface area contributed by atoms with Gasteiger partial charge in [0.2, 0.25) is 0 Å². The zero-order valence-corrected chi connectivity index (χ0v) is 11.6. The molecule has 1 N–H and O–H groups in total. The third-order valence-electron chi connectivity index (χ3n) is 2.65. The van der Waals surface area contributed by atoms with Crippen LogP contribution in [0.15, 0.2) is 42.1 Å². The number of thioether (sulfide) groups is 1. The van der Waals surface area contributed by atoms with Gasteiger partial charge < -0.3 is 9.88 Å². The fourth-order valence-corrected chi connectivity index (χ4v) is 2.25. The molecule has 6 heteroatoms. The van der Waals surface area contributed by atoms with Crippen molar-refractivity contribution in [3.63, 3.8) is 0 Å². The third kappa shape index (κ3) is 3.82. The Balaban J connectivity index is 1.81. The highest BCUT2D eigenvalue weighted by Crippen LogP contribution is 2.16. The van der Waals surface area contributed by atoms with Gasteiger partial charge in [0, 0.05) is 31.7 Å². The van der Waals surface area contributed by atoms with E-state index >= 15 is 0 Å². The molecule has 2 heterocycles. The van der Waals surface area contributed by atoms with Crippen LogP contribution >= 0.6 is 11.8 Å². The quantitative estimate of drug-likeness (QED) is 0.646. The maximum absolute atomic E-state index is 12.0. The maximum Gasteiger partial charge on any atom is 0.254 e. The van der Waals surface area contributed by atoms with E-state index in [-0.39, 0.29) is 5.91 Å². The number of pyridine rings is 1. The van der Waals surface area contributed by atoms with Crippen molar-refractivity contribution < 1.29 is 4.79 Å². The molecule has 0 aliphatic rings. The molecule has 0 aromatic carbocycles. The summed E-state index contributed by atoms with van der Waals surface area (Å²) in [5, 5.41) is 3.67. The van der Waals surface area contributed by atoms with E-state index in [0.29, 0.717) is 12.1 Å². The van der Waals surface area contributed by atoms with Crippen LogP contribution in [0.3, 0.4) is 0 Å². The van der Waals surface area contributed by atoms with Crippen molar-refractivity contribution in [2.75, 3.05) is 12.8 Å². The van der Waals surface area contributed by atoms with Gasteiger partial charge in [-0.3, -0.25) is 4.79 Å². The fourth-order valence-electron chi connectivity index (χ4n) is 1.70. The van der Waals surface area contributed by atoms with Crippen LogP contribution in [0.2, 0.25) is 0 Å². The van der Waals surface area contributed by atoms with Gasteiger partial charge in [0.25, 0.3) is 5.91 Å². The fraction of sp³-hybridized carbons (Fsp3) is 0.308. The topological polar surface area (TPSA) is 59.8 Å². The average molecular weight is 276 g/mol. The first kappa shape index (κ1) is 13.6. The first-order valence-electron chi connectivity index (χ1n) is 6.04. The Hall–Kier alpha value is -1.82. The number of carbonyl (C=O) groups is 1. The number of rotatable bonds is 6. The van der Waals surface area contributed by atoms with E-state index in [1.54, 1.807) is 30.9 Å². The van der Waals surface area contributed by atoms with Crippen LogP contribution in [0.25, 0.3) is 0 Å². The maximum atomic E-state index is 12.0. The van der Waals surface area contributed by atoms with E-state index in [0.717, 1.165) is 18.0 Å². The van der Waals surface area contributed by atoms with Crippen LogP contribution in [0, 0.1) is 0 Å². The number of aromatic nitrogens is 3. The zero-order valence-electron chi connectivity index (χ0n) is 10.7. The predicted molar refractivity (Wildman–Crippen MR) is 75.2 cm³/mol. The standard InChI is InChI=1S/C13H16N4OS/c1-19-13-11(4-2-5-16-13)12(18)15-6-3-8-17-9-7-14-10-17/h2,4-5,7,9-10H,3,6,8H2,1H3,(H,15,18). The summed E-state index contributed by atoms with van der Waals surface area (Å²) in [5.41, 5.74) is 0.637. The molecule has 2 rings (SSSR count). The highest BCUT2D eigenvalue weighted by Gasteiger charge is 2.10. The van der Waals surface area contributed by atoms with E-state index in [1.807, 2.05) is 17.0 Å². The van der Waals surface area contributed by atoms with Crippen LogP contribution in [0.4, 0.5) is 0 Å². The Morgan fingerprint density at radius 2 is 2.37 bits per heavy atom. The lowest BCUT2D eigenvalue weighted by molar-refractivity contribution is 0.0949. The highest BCUT2D eigenvalue weighted by molar-refractivity contribution is 7.98. The predicted octanol–water partition coefficient (Wildman–Crippen LogP) is 1.82. The van der Waals surface area contributed by atoms with Gasteiger partial charge in [0.1, 0.15) is 5.03 Å². The molecular formula is C13H16N4OS. The molecule has 0 saturated heterocycles. The Morgan fingerprint density at radius 1 is 1.47 bits per heavy atom. The van der Waals surface area contributed by atoms with E-state index in [9.17, 15) is 4.79 Å². The molecule has 0 unspecified atom stereocenters. The molecule has 0 atom stereocenters. The number of hydrogen-bond acceptors (Lipinski definition) is 4. The van der Waals surface area contributed by atoms with Crippen molar-refractivity contribution in [1.82, 2.24) is 19.9 Å². The van der Waals surface area contributed by atoms with E-state index in [2.05, 4.69) is 15.3 Å². The van der Waals surface area contributed by atoms with Crippen molar-refractivity contribution in [3.05, 3.63) is 42.6 Å². The number of carbonyl (C=O) groups excluding carboxylic acids is 1. The summed E-state index contributed by atoms with van der Waals surface area (Å²) in [7, 11) is 0. The molecule has 0 spiro atoms. The molecule has 1 amide bonds. The summed E-state index contributed by atoms with van der Waals surface area (Å²) in [6.07, 6.45) is 9.92. The monoisotopic (exact) mass is 276 g/mol. The molecule has 0 aliphatic heterocycles. The Kier molecular flexibility index (Phi) is 4.97. The van der Waals surface area contributed by atoms with E-state index < -0.39 is 0 Å². The lowest BCUT2D eigenvalue weighted by atomic mass is 10.2. The number of imidazole rings is 1. The first-order chi connectivity index (χ1) is 9.31. The van der Waals surface area contributed by atoms with Gasteiger partial charge in [0.05, 0.1) is 11.9 Å². The van der Waals surface area contributed by atoms with E-state index in [4.69, 9.17) is 0 Å². The molecule has 5 nitrogen and oxygen atoms in total. The van der Waals surface area contributed by atoms with Crippen molar-refractivity contribution >= 4 is 17.7 Å². The van der Waals surface area contributed by atoms with Crippen LogP contribution in [-0.4, -0.2) is 33.2 Å². The van der Waals surface area contributed by atoms with E-state index in [1.165, 1.54) is 11.8 Å². The normalized spacial score (nSPS) is 10.4. The molecule has 0 fully saturated rings. The largest absolute Gasteiger partial charge is 0.352 e. The summed E-state index contributed by atoms with van der Waals surface area (Å²) >= 11 is 1.48. The van der Waals surface area contributed by atoms with Gasteiger partial charge >= 0.3 is 0 Å². The Bertz CT molecular complexity index is 527. The number of amides is 1. The molecule has 0 radical (unpaired) electrons. The summed E-state index contributed by atoms with van der Waals surface area (Å²) in [6.45, 7) is 1.49. The second-order valence-electron chi connectivity index (χ2n) is 3.97. The molecule has 0 saturated carbocycles. The van der Waals surface area contributed by atoms with Crippen molar-refractivity contribution in [3.8, 4) is 0 Å². The highest BCUT2D eigenvalue weighted by atomic mass is 32.2. The lowest BCUT2D eigenvalue weighted by Crippen LogP contribution is -2.25. The molecule has 2 aromatic heterocycles. The summed E-state index contributed by atoms with van der Waals surface area (Å²) in [4.78, 5) is 20.1. The lowest BCUT2D eigenvalue weighted by Gasteiger charge is -2.07. The minimum absolute atomic E-state index is 0.0666. The first-order valence-corrected chi connectivity index (χ1v) is 7.26. The minimum Gasteiger partial charge on any atom is -0.352 e. The molecular weight excluding hydrogens is 260 g/mol. The molecule has 2 aromatic rings.